The molecular weight excluding hydrogens is 351 g/mol. The molecule has 5 nitrogen and oxygen atoms in total. The van der Waals surface area contributed by atoms with Gasteiger partial charge in [0.25, 0.3) is 5.91 Å². The molecule has 1 rings (SSSR count). The van der Waals surface area contributed by atoms with Crippen molar-refractivity contribution in [3.05, 3.63) is 29.3 Å². The Morgan fingerprint density at radius 3 is 2.50 bits per heavy atom. The van der Waals surface area contributed by atoms with Crippen molar-refractivity contribution in [2.24, 2.45) is 0 Å². The van der Waals surface area contributed by atoms with Gasteiger partial charge in [-0.3, -0.25) is 9.59 Å². The third kappa shape index (κ3) is 7.73. The molecule has 0 spiro atoms. The molecule has 122 valence electrons. The van der Waals surface area contributed by atoms with Gasteiger partial charge in [-0.2, -0.15) is 0 Å². The maximum absolute atomic E-state index is 11.5. The Balaban J connectivity index is 2.07. The van der Waals surface area contributed by atoms with Crippen LogP contribution >= 0.6 is 34.8 Å². The van der Waals surface area contributed by atoms with Gasteiger partial charge >= 0.3 is 0 Å². The topological polar surface area (TPSA) is 67.4 Å². The van der Waals surface area contributed by atoms with Gasteiger partial charge in [-0.25, -0.2) is 0 Å². The van der Waals surface area contributed by atoms with Crippen LogP contribution in [0.3, 0.4) is 0 Å². The lowest BCUT2D eigenvalue weighted by Crippen LogP contribution is -2.36. The van der Waals surface area contributed by atoms with E-state index in [0.29, 0.717) is 36.8 Å². The van der Waals surface area contributed by atoms with E-state index in [1.54, 1.807) is 12.1 Å². The molecule has 0 aromatic heterocycles. The van der Waals surface area contributed by atoms with Crippen molar-refractivity contribution in [2.75, 3.05) is 19.7 Å². The van der Waals surface area contributed by atoms with E-state index >= 15 is 0 Å². The molecule has 8 heteroatoms. The van der Waals surface area contributed by atoms with Crippen LogP contribution in [0.2, 0.25) is 5.02 Å². The number of alkyl halides is 2. The van der Waals surface area contributed by atoms with Crippen molar-refractivity contribution < 1.29 is 14.3 Å². The van der Waals surface area contributed by atoms with Crippen molar-refractivity contribution in [1.82, 2.24) is 10.6 Å². The lowest BCUT2D eigenvalue weighted by Gasteiger charge is -2.09. The van der Waals surface area contributed by atoms with E-state index in [1.165, 1.54) is 0 Å². The highest BCUT2D eigenvalue weighted by atomic mass is 35.5. The van der Waals surface area contributed by atoms with Gasteiger partial charge in [0.15, 0.2) is 4.84 Å². The second kappa shape index (κ2) is 10.5. The minimum Gasteiger partial charge on any atom is -0.492 e. The summed E-state index contributed by atoms with van der Waals surface area (Å²) in [4.78, 5) is 21.5. The maximum atomic E-state index is 11.5. The third-order valence-electron chi connectivity index (χ3n) is 2.59. The van der Waals surface area contributed by atoms with Crippen molar-refractivity contribution in [1.29, 1.82) is 0 Å². The fourth-order valence-electron chi connectivity index (χ4n) is 1.53. The molecule has 22 heavy (non-hydrogen) atoms. The molecular formula is C14H17Cl3N2O3. The molecule has 0 radical (unpaired) electrons. The summed E-state index contributed by atoms with van der Waals surface area (Å²) in [7, 11) is 0. The first-order valence-electron chi connectivity index (χ1n) is 6.70. The number of halogens is 3. The number of ether oxygens (including phenoxy) is 1. The van der Waals surface area contributed by atoms with Crippen molar-refractivity contribution >= 4 is 46.6 Å². The highest BCUT2D eigenvalue weighted by molar-refractivity contribution is 6.53. The Morgan fingerprint density at radius 1 is 1.14 bits per heavy atom. The summed E-state index contributed by atoms with van der Waals surface area (Å²) in [6.45, 7) is 0.987. The number of nitrogens with one attached hydrogen (secondary N) is 2. The van der Waals surface area contributed by atoms with E-state index in [2.05, 4.69) is 10.6 Å². The summed E-state index contributed by atoms with van der Waals surface area (Å²) in [6, 6.07) is 7.16. The van der Waals surface area contributed by atoms with Crippen LogP contribution in [0.15, 0.2) is 24.3 Å². The molecule has 0 aliphatic carbocycles. The summed E-state index contributed by atoms with van der Waals surface area (Å²) in [6.07, 6.45) is 0.890. The van der Waals surface area contributed by atoms with Gasteiger partial charge in [0, 0.05) is 19.5 Å². The zero-order valence-electron chi connectivity index (χ0n) is 11.8. The molecule has 0 unspecified atom stereocenters. The van der Waals surface area contributed by atoms with Gasteiger partial charge in [-0.15, -0.1) is 0 Å². The normalized spacial score (nSPS) is 10.4. The Hall–Kier alpha value is -1.17. The SMILES string of the molecule is O=C(CCCOc1ccccc1Cl)NCCNC(=O)C(Cl)Cl. The molecule has 0 aliphatic heterocycles. The van der Waals surface area contributed by atoms with Gasteiger partial charge < -0.3 is 15.4 Å². The average molecular weight is 368 g/mol. The van der Waals surface area contributed by atoms with Gasteiger partial charge in [0.2, 0.25) is 5.91 Å². The maximum Gasteiger partial charge on any atom is 0.253 e. The summed E-state index contributed by atoms with van der Waals surface area (Å²) >= 11 is 16.7. The van der Waals surface area contributed by atoms with E-state index in [0.717, 1.165) is 0 Å². The fourth-order valence-corrected chi connectivity index (χ4v) is 1.87. The Morgan fingerprint density at radius 2 is 1.82 bits per heavy atom. The van der Waals surface area contributed by atoms with Crippen LogP contribution in [0, 0.1) is 0 Å². The van der Waals surface area contributed by atoms with Gasteiger partial charge in [0.1, 0.15) is 5.75 Å². The van der Waals surface area contributed by atoms with Crippen LogP contribution in [-0.4, -0.2) is 36.3 Å². The zero-order valence-corrected chi connectivity index (χ0v) is 14.0. The van der Waals surface area contributed by atoms with Crippen LogP contribution in [-0.2, 0) is 9.59 Å². The van der Waals surface area contributed by atoms with Crippen LogP contribution < -0.4 is 15.4 Å². The average Bonchev–Trinajstić information content (AvgIpc) is 2.49. The van der Waals surface area contributed by atoms with Crippen LogP contribution in [0.4, 0.5) is 0 Å². The molecule has 0 aliphatic rings. The Bertz CT molecular complexity index is 498. The highest BCUT2D eigenvalue weighted by Crippen LogP contribution is 2.23. The number of hydrogen-bond acceptors (Lipinski definition) is 3. The molecule has 1 aromatic rings. The highest BCUT2D eigenvalue weighted by Gasteiger charge is 2.09. The van der Waals surface area contributed by atoms with E-state index in [-0.39, 0.29) is 12.5 Å². The predicted molar refractivity (Wildman–Crippen MR) is 87.7 cm³/mol. The summed E-state index contributed by atoms with van der Waals surface area (Å²) < 4.78 is 5.47. The Labute approximate surface area is 144 Å². The molecule has 0 fully saturated rings. The standard InChI is InChI=1S/C14H17Cl3N2O3/c15-10-4-1-2-5-11(10)22-9-3-6-12(20)18-7-8-19-14(21)13(16)17/h1-2,4-5,13H,3,6-9H2,(H,18,20)(H,19,21). The summed E-state index contributed by atoms with van der Waals surface area (Å²) in [5.74, 6) is 0.0000158. The second-order valence-corrected chi connectivity index (χ2v) is 5.83. The van der Waals surface area contributed by atoms with Gasteiger partial charge in [-0.1, -0.05) is 46.9 Å². The first-order valence-corrected chi connectivity index (χ1v) is 7.95. The molecule has 2 N–H and O–H groups in total. The summed E-state index contributed by atoms with van der Waals surface area (Å²) in [5.41, 5.74) is 0. The van der Waals surface area contributed by atoms with E-state index in [4.69, 9.17) is 39.5 Å². The number of carbonyl (C=O) groups is 2. The largest absolute Gasteiger partial charge is 0.492 e. The van der Waals surface area contributed by atoms with Crippen molar-refractivity contribution in [2.45, 2.75) is 17.7 Å². The van der Waals surface area contributed by atoms with E-state index in [1.807, 2.05) is 12.1 Å². The quantitative estimate of drug-likeness (QED) is 0.520. The molecule has 1 aromatic carbocycles. The fraction of sp³-hybridized carbons (Fsp3) is 0.429. The minimum atomic E-state index is -1.10. The number of carbonyl (C=O) groups excluding carboxylic acids is 2. The number of hydrogen-bond donors (Lipinski definition) is 2. The van der Waals surface area contributed by atoms with Crippen LogP contribution in [0.5, 0.6) is 5.75 Å². The first-order chi connectivity index (χ1) is 10.5. The van der Waals surface area contributed by atoms with Crippen molar-refractivity contribution in [3.63, 3.8) is 0 Å². The molecule has 2 amide bonds. The minimum absolute atomic E-state index is 0.120. The smallest absolute Gasteiger partial charge is 0.253 e. The van der Waals surface area contributed by atoms with Crippen LogP contribution in [0.1, 0.15) is 12.8 Å². The van der Waals surface area contributed by atoms with Crippen LogP contribution in [0.25, 0.3) is 0 Å². The van der Waals surface area contributed by atoms with E-state index in [9.17, 15) is 9.59 Å². The molecule has 0 heterocycles. The van der Waals surface area contributed by atoms with E-state index < -0.39 is 10.7 Å². The van der Waals surface area contributed by atoms with Crippen molar-refractivity contribution in [3.8, 4) is 5.75 Å². The Kier molecular flexibility index (Phi) is 9.04. The molecule has 0 saturated carbocycles. The molecule has 0 atom stereocenters. The first kappa shape index (κ1) is 18.9. The predicted octanol–water partition coefficient (Wildman–Crippen LogP) is 2.54. The lowest BCUT2D eigenvalue weighted by molar-refractivity contribution is -0.122. The lowest BCUT2D eigenvalue weighted by atomic mass is 10.3. The monoisotopic (exact) mass is 366 g/mol. The van der Waals surface area contributed by atoms with Gasteiger partial charge in [-0.05, 0) is 18.6 Å². The number of benzene rings is 1. The third-order valence-corrected chi connectivity index (χ3v) is 3.30. The number of rotatable bonds is 9. The molecule has 0 bridgehead atoms. The number of amides is 2. The second-order valence-electron chi connectivity index (χ2n) is 4.32. The zero-order chi connectivity index (χ0) is 16.4. The summed E-state index contributed by atoms with van der Waals surface area (Å²) in [5, 5.41) is 5.68. The molecule has 0 saturated heterocycles. The van der Waals surface area contributed by atoms with Gasteiger partial charge in [0.05, 0.1) is 11.6 Å². The number of para-hydroxylation sites is 1.